The van der Waals surface area contributed by atoms with Crippen molar-refractivity contribution in [3.63, 3.8) is 0 Å². The highest BCUT2D eigenvalue weighted by Crippen LogP contribution is 2.14. The first kappa shape index (κ1) is 11.0. The number of alkyl halides is 3. The molecule has 0 saturated carbocycles. The van der Waals surface area contributed by atoms with E-state index in [0.29, 0.717) is 0 Å². The van der Waals surface area contributed by atoms with Crippen molar-refractivity contribution >= 4 is 5.97 Å². The Balaban J connectivity index is 3.92. The maximum atomic E-state index is 12.3. The van der Waals surface area contributed by atoms with Crippen LogP contribution in [0.3, 0.4) is 0 Å². The third-order valence-corrected chi connectivity index (χ3v) is 1.19. The lowest BCUT2D eigenvalue weighted by Crippen LogP contribution is -2.16. The molecule has 1 unspecified atom stereocenters. The molecule has 0 aliphatic carbocycles. The average Bonchev–Trinajstić information content (AvgIpc) is 2.02. The molecule has 0 fully saturated rings. The van der Waals surface area contributed by atoms with E-state index in [1.54, 1.807) is 0 Å². The predicted molar refractivity (Wildman–Crippen MR) is 36.7 cm³/mol. The number of hydrogen-bond donors (Lipinski definition) is 0. The molecule has 70 valence electrons. The Bertz CT molecular complexity index is 179. The van der Waals surface area contributed by atoms with E-state index >= 15 is 0 Å². The van der Waals surface area contributed by atoms with Gasteiger partial charge in [-0.25, -0.2) is 18.0 Å². The lowest BCUT2D eigenvalue weighted by atomic mass is 10.1. The van der Waals surface area contributed by atoms with Crippen molar-refractivity contribution in [1.82, 2.24) is 0 Å². The minimum absolute atomic E-state index is 0.287. The average molecular weight is 182 g/mol. The standard InChI is InChI=1S/C7H9F3O2/c1-4(7(11)12-2)3-5(8)6(9)10/h5-6H,1,3H2,2H3. The molecule has 0 aromatic heterocycles. The SMILES string of the molecule is C=C(CC(F)C(F)F)C(=O)OC. The molecular formula is C7H9F3O2. The molecule has 2 nitrogen and oxygen atoms in total. The topological polar surface area (TPSA) is 26.3 Å². The summed E-state index contributed by atoms with van der Waals surface area (Å²) in [5, 5.41) is 0. The van der Waals surface area contributed by atoms with Gasteiger partial charge in [0.2, 0.25) is 0 Å². The van der Waals surface area contributed by atoms with Crippen molar-refractivity contribution < 1.29 is 22.7 Å². The van der Waals surface area contributed by atoms with Crippen molar-refractivity contribution in [1.29, 1.82) is 0 Å². The van der Waals surface area contributed by atoms with Crippen molar-refractivity contribution in [3.8, 4) is 0 Å². The van der Waals surface area contributed by atoms with Crippen molar-refractivity contribution in [2.75, 3.05) is 7.11 Å². The Labute approximate surface area is 68.0 Å². The molecule has 0 heterocycles. The molecule has 0 amide bonds. The molecule has 1 atom stereocenters. The van der Waals surface area contributed by atoms with Crippen LogP contribution in [0.1, 0.15) is 6.42 Å². The second kappa shape index (κ2) is 4.79. The monoisotopic (exact) mass is 182 g/mol. The number of methoxy groups -OCH3 is 1. The number of ether oxygens (including phenoxy) is 1. The first-order chi connectivity index (χ1) is 5.49. The zero-order valence-corrected chi connectivity index (χ0v) is 6.52. The van der Waals surface area contributed by atoms with Crippen molar-refractivity contribution in [2.24, 2.45) is 0 Å². The van der Waals surface area contributed by atoms with Gasteiger partial charge in [0.1, 0.15) is 0 Å². The van der Waals surface area contributed by atoms with Gasteiger partial charge in [-0.15, -0.1) is 0 Å². The van der Waals surface area contributed by atoms with Gasteiger partial charge in [0.15, 0.2) is 6.17 Å². The quantitative estimate of drug-likeness (QED) is 0.488. The summed E-state index contributed by atoms with van der Waals surface area (Å²) in [5.41, 5.74) is -0.287. The fraction of sp³-hybridized carbons (Fsp3) is 0.571. The van der Waals surface area contributed by atoms with Gasteiger partial charge in [-0.05, 0) is 0 Å². The van der Waals surface area contributed by atoms with Crippen LogP contribution in [0.4, 0.5) is 13.2 Å². The van der Waals surface area contributed by atoms with Gasteiger partial charge in [-0.1, -0.05) is 6.58 Å². The maximum Gasteiger partial charge on any atom is 0.333 e. The van der Waals surface area contributed by atoms with Crippen LogP contribution in [0.25, 0.3) is 0 Å². The first-order valence-corrected chi connectivity index (χ1v) is 3.17. The van der Waals surface area contributed by atoms with E-state index in [-0.39, 0.29) is 5.57 Å². The second-order valence-electron chi connectivity index (χ2n) is 2.15. The fourth-order valence-corrected chi connectivity index (χ4v) is 0.552. The minimum atomic E-state index is -3.09. The molecule has 0 aliphatic heterocycles. The van der Waals surface area contributed by atoms with Gasteiger partial charge in [-0.3, -0.25) is 0 Å². The Morgan fingerprint density at radius 2 is 2.00 bits per heavy atom. The van der Waals surface area contributed by atoms with Gasteiger partial charge in [0, 0.05) is 12.0 Å². The van der Waals surface area contributed by atoms with Crippen LogP contribution in [0, 0.1) is 0 Å². The zero-order valence-electron chi connectivity index (χ0n) is 6.52. The number of hydrogen-bond acceptors (Lipinski definition) is 2. The van der Waals surface area contributed by atoms with Crippen LogP contribution in [0.5, 0.6) is 0 Å². The summed E-state index contributed by atoms with van der Waals surface area (Å²) in [6.45, 7) is 3.10. The Hall–Kier alpha value is -1.00. The van der Waals surface area contributed by atoms with E-state index in [0.717, 1.165) is 7.11 Å². The van der Waals surface area contributed by atoms with Gasteiger partial charge in [0.25, 0.3) is 6.43 Å². The number of esters is 1. The molecule has 0 saturated heterocycles. The fourth-order valence-electron chi connectivity index (χ4n) is 0.552. The lowest BCUT2D eigenvalue weighted by Gasteiger charge is -2.07. The van der Waals surface area contributed by atoms with E-state index in [9.17, 15) is 18.0 Å². The van der Waals surface area contributed by atoms with Crippen LogP contribution in [-0.2, 0) is 9.53 Å². The predicted octanol–water partition coefficient (Wildman–Crippen LogP) is 1.71. The molecule has 0 aromatic rings. The van der Waals surface area contributed by atoms with Crippen LogP contribution in [-0.4, -0.2) is 25.7 Å². The molecule has 5 heteroatoms. The Morgan fingerprint density at radius 1 is 1.50 bits per heavy atom. The number of halogens is 3. The molecule has 0 aliphatic rings. The molecule has 0 bridgehead atoms. The van der Waals surface area contributed by atoms with Crippen LogP contribution >= 0.6 is 0 Å². The van der Waals surface area contributed by atoms with Gasteiger partial charge >= 0.3 is 5.97 Å². The molecule has 0 rings (SSSR count). The number of rotatable bonds is 4. The van der Waals surface area contributed by atoms with Crippen molar-refractivity contribution in [2.45, 2.75) is 19.0 Å². The summed E-state index contributed by atoms with van der Waals surface area (Å²) in [7, 11) is 1.07. The van der Waals surface area contributed by atoms with E-state index in [4.69, 9.17) is 0 Å². The molecule has 0 spiro atoms. The number of carbonyl (C=O) groups is 1. The summed E-state index contributed by atoms with van der Waals surface area (Å²) in [4.78, 5) is 10.5. The molecule has 0 N–H and O–H groups in total. The summed E-state index contributed by atoms with van der Waals surface area (Å²) in [6.07, 6.45) is -6.13. The minimum Gasteiger partial charge on any atom is -0.466 e. The summed E-state index contributed by atoms with van der Waals surface area (Å²) >= 11 is 0. The van der Waals surface area contributed by atoms with Gasteiger partial charge in [0.05, 0.1) is 7.11 Å². The zero-order chi connectivity index (χ0) is 9.72. The van der Waals surface area contributed by atoms with Crippen molar-refractivity contribution in [3.05, 3.63) is 12.2 Å². The van der Waals surface area contributed by atoms with Crippen LogP contribution in [0.15, 0.2) is 12.2 Å². The van der Waals surface area contributed by atoms with E-state index in [2.05, 4.69) is 11.3 Å². The van der Waals surface area contributed by atoms with E-state index < -0.39 is 25.0 Å². The maximum absolute atomic E-state index is 12.3. The highest BCUT2D eigenvalue weighted by molar-refractivity contribution is 5.87. The molecule has 12 heavy (non-hydrogen) atoms. The third-order valence-electron chi connectivity index (χ3n) is 1.19. The highest BCUT2D eigenvalue weighted by Gasteiger charge is 2.22. The Kier molecular flexibility index (Phi) is 4.39. The van der Waals surface area contributed by atoms with Crippen LogP contribution in [0.2, 0.25) is 0 Å². The second-order valence-corrected chi connectivity index (χ2v) is 2.15. The van der Waals surface area contributed by atoms with Gasteiger partial charge in [-0.2, -0.15) is 0 Å². The highest BCUT2D eigenvalue weighted by atomic mass is 19.3. The van der Waals surface area contributed by atoms with Gasteiger partial charge < -0.3 is 4.74 Å². The summed E-state index contributed by atoms with van der Waals surface area (Å²) in [5.74, 6) is -0.863. The largest absolute Gasteiger partial charge is 0.466 e. The third kappa shape index (κ3) is 3.41. The Morgan fingerprint density at radius 3 is 2.33 bits per heavy atom. The lowest BCUT2D eigenvalue weighted by molar-refractivity contribution is -0.136. The van der Waals surface area contributed by atoms with E-state index in [1.807, 2.05) is 0 Å². The smallest absolute Gasteiger partial charge is 0.333 e. The molecule has 0 radical (unpaired) electrons. The summed E-state index contributed by atoms with van der Waals surface area (Å²) < 4.78 is 39.6. The summed E-state index contributed by atoms with van der Waals surface area (Å²) in [6, 6.07) is 0. The van der Waals surface area contributed by atoms with Crippen LogP contribution < -0.4 is 0 Å². The molecule has 0 aromatic carbocycles. The number of carbonyl (C=O) groups excluding carboxylic acids is 1. The van der Waals surface area contributed by atoms with E-state index in [1.165, 1.54) is 0 Å². The first-order valence-electron chi connectivity index (χ1n) is 3.17. The normalized spacial score (nSPS) is 12.8. The molecular weight excluding hydrogens is 173 g/mol.